The number of carbonyl (C=O) groups is 1. The maximum absolute atomic E-state index is 11.4. The van der Waals surface area contributed by atoms with Gasteiger partial charge < -0.3 is 4.74 Å². The van der Waals surface area contributed by atoms with Crippen molar-refractivity contribution in [1.82, 2.24) is 4.90 Å². The lowest BCUT2D eigenvalue weighted by molar-refractivity contribution is -0.123. The van der Waals surface area contributed by atoms with E-state index in [1.165, 1.54) is 0 Å². The summed E-state index contributed by atoms with van der Waals surface area (Å²) in [5, 5.41) is 0. The molecule has 0 unspecified atom stereocenters. The second-order valence-electron chi connectivity index (χ2n) is 3.86. The highest BCUT2D eigenvalue weighted by molar-refractivity contribution is 5.82. The van der Waals surface area contributed by atoms with E-state index in [4.69, 9.17) is 4.74 Å². The average Bonchev–Trinajstić information content (AvgIpc) is 2.32. The van der Waals surface area contributed by atoms with E-state index in [-0.39, 0.29) is 5.92 Å². The van der Waals surface area contributed by atoms with Crippen LogP contribution in [0.1, 0.15) is 20.3 Å². The van der Waals surface area contributed by atoms with Crippen molar-refractivity contribution < 1.29 is 9.53 Å². The van der Waals surface area contributed by atoms with Crippen LogP contribution >= 0.6 is 0 Å². The molecule has 3 nitrogen and oxygen atoms in total. The van der Waals surface area contributed by atoms with Crippen LogP contribution in [0, 0.1) is 5.92 Å². The van der Waals surface area contributed by atoms with Gasteiger partial charge in [-0.25, -0.2) is 0 Å². The number of hydrogen-bond donors (Lipinski definition) is 0. The molecule has 1 saturated heterocycles. The van der Waals surface area contributed by atoms with Gasteiger partial charge in [0.1, 0.15) is 5.78 Å². The molecule has 0 amide bonds. The van der Waals surface area contributed by atoms with Crippen LogP contribution in [0.15, 0.2) is 0 Å². The first-order chi connectivity index (χ1) is 6.20. The molecule has 0 bridgehead atoms. The zero-order chi connectivity index (χ0) is 9.68. The van der Waals surface area contributed by atoms with E-state index in [1.807, 2.05) is 13.8 Å². The van der Waals surface area contributed by atoms with E-state index >= 15 is 0 Å². The molecular weight excluding hydrogens is 166 g/mol. The third-order valence-corrected chi connectivity index (χ3v) is 2.34. The van der Waals surface area contributed by atoms with Crippen LogP contribution < -0.4 is 0 Å². The van der Waals surface area contributed by atoms with Gasteiger partial charge in [-0.2, -0.15) is 0 Å². The van der Waals surface area contributed by atoms with Gasteiger partial charge in [-0.3, -0.25) is 9.69 Å². The lowest BCUT2D eigenvalue weighted by Crippen LogP contribution is -2.33. The van der Waals surface area contributed by atoms with Gasteiger partial charge in [0.25, 0.3) is 0 Å². The van der Waals surface area contributed by atoms with Gasteiger partial charge in [0.2, 0.25) is 0 Å². The first-order valence-electron chi connectivity index (χ1n) is 5.03. The number of carbonyl (C=O) groups excluding carboxylic acids is 1. The molecule has 0 spiro atoms. The quantitative estimate of drug-likeness (QED) is 0.655. The Labute approximate surface area is 80.1 Å². The number of Topliss-reactive ketones (excluding diaryl/α,β-unsaturated/α-hetero) is 1. The maximum Gasteiger partial charge on any atom is 0.149 e. The molecule has 0 radical (unpaired) electrons. The molecule has 13 heavy (non-hydrogen) atoms. The largest absolute Gasteiger partial charge is 0.380 e. The lowest BCUT2D eigenvalue weighted by Gasteiger charge is -2.18. The van der Waals surface area contributed by atoms with Crippen molar-refractivity contribution >= 4 is 5.78 Å². The lowest BCUT2D eigenvalue weighted by atomic mass is 10.1. The second-order valence-corrected chi connectivity index (χ2v) is 3.86. The van der Waals surface area contributed by atoms with E-state index < -0.39 is 0 Å². The average molecular weight is 185 g/mol. The molecule has 1 fully saturated rings. The SMILES string of the molecule is CC(C)C(=O)CN1CCCOCC1. The van der Waals surface area contributed by atoms with Crippen LogP contribution in [0.3, 0.4) is 0 Å². The Morgan fingerprint density at radius 1 is 1.38 bits per heavy atom. The number of ether oxygens (including phenoxy) is 1. The number of ketones is 1. The summed E-state index contributed by atoms with van der Waals surface area (Å²) in [4.78, 5) is 13.6. The maximum atomic E-state index is 11.4. The first-order valence-corrected chi connectivity index (χ1v) is 5.03. The van der Waals surface area contributed by atoms with Crippen LogP contribution in [-0.4, -0.2) is 43.5 Å². The van der Waals surface area contributed by atoms with Crippen LogP contribution in [-0.2, 0) is 9.53 Å². The highest BCUT2D eigenvalue weighted by Crippen LogP contribution is 2.02. The van der Waals surface area contributed by atoms with Gasteiger partial charge in [0.15, 0.2) is 0 Å². The zero-order valence-corrected chi connectivity index (χ0v) is 8.58. The Kier molecular flexibility index (Phi) is 4.39. The summed E-state index contributed by atoms with van der Waals surface area (Å²) in [6.07, 6.45) is 1.05. The number of hydrogen-bond acceptors (Lipinski definition) is 3. The summed E-state index contributed by atoms with van der Waals surface area (Å²) in [6.45, 7) is 8.02. The normalized spacial score (nSPS) is 20.2. The summed E-state index contributed by atoms with van der Waals surface area (Å²) in [5.74, 6) is 0.492. The van der Waals surface area contributed by atoms with Crippen molar-refractivity contribution in [1.29, 1.82) is 0 Å². The molecule has 76 valence electrons. The van der Waals surface area contributed by atoms with Crippen LogP contribution in [0.4, 0.5) is 0 Å². The minimum atomic E-state index is 0.157. The van der Waals surface area contributed by atoms with Crippen molar-refractivity contribution in [2.45, 2.75) is 20.3 Å². The number of nitrogens with zero attached hydrogens (tertiary/aromatic N) is 1. The van der Waals surface area contributed by atoms with Crippen LogP contribution in [0.25, 0.3) is 0 Å². The summed E-state index contributed by atoms with van der Waals surface area (Å²) >= 11 is 0. The molecule has 0 aromatic carbocycles. The predicted octanol–water partition coefficient (Wildman–Crippen LogP) is 0.934. The van der Waals surface area contributed by atoms with Gasteiger partial charge in [0.05, 0.1) is 13.2 Å². The fraction of sp³-hybridized carbons (Fsp3) is 0.900. The van der Waals surface area contributed by atoms with Crippen molar-refractivity contribution in [3.05, 3.63) is 0 Å². The van der Waals surface area contributed by atoms with Crippen LogP contribution in [0.2, 0.25) is 0 Å². The van der Waals surface area contributed by atoms with Gasteiger partial charge in [0, 0.05) is 25.6 Å². The van der Waals surface area contributed by atoms with E-state index in [9.17, 15) is 4.79 Å². The molecule has 1 aliphatic rings. The molecule has 0 saturated carbocycles. The fourth-order valence-corrected chi connectivity index (χ4v) is 1.36. The smallest absolute Gasteiger partial charge is 0.149 e. The Morgan fingerprint density at radius 2 is 2.15 bits per heavy atom. The Morgan fingerprint density at radius 3 is 2.85 bits per heavy atom. The third-order valence-electron chi connectivity index (χ3n) is 2.34. The molecule has 1 heterocycles. The third kappa shape index (κ3) is 3.87. The topological polar surface area (TPSA) is 29.5 Å². The fourth-order valence-electron chi connectivity index (χ4n) is 1.36. The summed E-state index contributed by atoms with van der Waals surface area (Å²) in [7, 11) is 0. The summed E-state index contributed by atoms with van der Waals surface area (Å²) in [6, 6.07) is 0. The van der Waals surface area contributed by atoms with E-state index in [0.717, 1.165) is 32.7 Å². The first kappa shape index (κ1) is 10.7. The monoisotopic (exact) mass is 185 g/mol. The Bertz CT molecular complexity index is 160. The van der Waals surface area contributed by atoms with Crippen molar-refractivity contribution in [2.75, 3.05) is 32.8 Å². The van der Waals surface area contributed by atoms with Crippen LogP contribution in [0.5, 0.6) is 0 Å². The molecular formula is C10H19NO2. The van der Waals surface area contributed by atoms with Gasteiger partial charge >= 0.3 is 0 Å². The van der Waals surface area contributed by atoms with Gasteiger partial charge in [-0.1, -0.05) is 13.8 Å². The highest BCUT2D eigenvalue weighted by atomic mass is 16.5. The molecule has 0 aliphatic carbocycles. The zero-order valence-electron chi connectivity index (χ0n) is 8.58. The molecule has 0 aromatic rings. The van der Waals surface area contributed by atoms with Crippen molar-refractivity contribution in [3.63, 3.8) is 0 Å². The minimum absolute atomic E-state index is 0.157. The summed E-state index contributed by atoms with van der Waals surface area (Å²) in [5.41, 5.74) is 0. The molecule has 1 aliphatic heterocycles. The standard InChI is InChI=1S/C10H19NO2/c1-9(2)10(12)8-11-4-3-6-13-7-5-11/h9H,3-8H2,1-2H3. The van der Waals surface area contributed by atoms with E-state index in [2.05, 4.69) is 4.90 Å². The number of rotatable bonds is 3. The van der Waals surface area contributed by atoms with Gasteiger partial charge in [-0.05, 0) is 6.42 Å². The molecule has 0 aromatic heterocycles. The second kappa shape index (κ2) is 5.35. The van der Waals surface area contributed by atoms with Gasteiger partial charge in [-0.15, -0.1) is 0 Å². The van der Waals surface area contributed by atoms with Crippen molar-refractivity contribution in [3.8, 4) is 0 Å². The molecule has 0 atom stereocenters. The predicted molar refractivity (Wildman–Crippen MR) is 51.7 cm³/mol. The molecule has 1 rings (SSSR count). The highest BCUT2D eigenvalue weighted by Gasteiger charge is 2.14. The molecule has 3 heteroatoms. The van der Waals surface area contributed by atoms with E-state index in [0.29, 0.717) is 12.3 Å². The van der Waals surface area contributed by atoms with Crippen molar-refractivity contribution in [2.24, 2.45) is 5.92 Å². The minimum Gasteiger partial charge on any atom is -0.380 e. The van der Waals surface area contributed by atoms with E-state index in [1.54, 1.807) is 0 Å². The summed E-state index contributed by atoms with van der Waals surface area (Å²) < 4.78 is 5.31. The Hall–Kier alpha value is -0.410. The molecule has 0 N–H and O–H groups in total. The Balaban J connectivity index is 2.29.